The van der Waals surface area contributed by atoms with Gasteiger partial charge in [0.1, 0.15) is 0 Å². The highest BCUT2D eigenvalue weighted by Crippen LogP contribution is 1.94. The molecule has 8 heteroatoms. The van der Waals surface area contributed by atoms with Gasteiger partial charge in [0.2, 0.25) is 10.4 Å². The summed E-state index contributed by atoms with van der Waals surface area (Å²) in [7, 11) is -1.86. The topological polar surface area (TPSA) is 57.5 Å². The summed E-state index contributed by atoms with van der Waals surface area (Å²) < 4.78 is 55.5. The monoisotopic (exact) mass is 210 g/mol. The Hall–Kier alpha value is -0.340. The highest BCUT2D eigenvalue weighted by molar-refractivity contribution is 7.88. The lowest BCUT2D eigenvalue weighted by atomic mass is 11.5. The second-order valence-corrected chi connectivity index (χ2v) is 2.18. The van der Waals surface area contributed by atoms with Gasteiger partial charge >= 0.3 is 0 Å². The van der Waals surface area contributed by atoms with Crippen molar-refractivity contribution in [1.29, 1.82) is 0 Å². The summed E-state index contributed by atoms with van der Waals surface area (Å²) in [6.07, 6.45) is 0. The Balaban J connectivity index is -0.000000118. The molecular weight excluding hydrogens is 199 g/mol. The van der Waals surface area contributed by atoms with Crippen LogP contribution in [-0.2, 0) is 15.1 Å². The Labute approximate surface area is 70.1 Å². The number of hydrogen-bond acceptors (Lipinski definition) is 3. The van der Waals surface area contributed by atoms with E-state index in [1.54, 1.807) is 0 Å². The lowest BCUT2D eigenvalue weighted by Crippen LogP contribution is -1.81. The number of halogens is 3. The Morgan fingerprint density at radius 1 is 1.42 bits per heavy atom. The van der Waals surface area contributed by atoms with Gasteiger partial charge in [-0.1, -0.05) is 0 Å². The van der Waals surface area contributed by atoms with Crippen LogP contribution in [0.15, 0.2) is 0 Å². The maximum atomic E-state index is 10.9. The summed E-state index contributed by atoms with van der Waals surface area (Å²) in [4.78, 5) is 0. The standard InChI is InChI=1S/C2H5FO.CH3FNO2S.CH3F/c1-4-2-3;1-3-6(2,4)5;1-2/h2H2,1H3;1H3;1H3/q;-1;. The van der Waals surface area contributed by atoms with Crippen LogP contribution in [0.3, 0.4) is 0 Å². The quantitative estimate of drug-likeness (QED) is 0.646. The normalized spacial score (nSPS) is 8.83. The van der Waals surface area contributed by atoms with Crippen LogP contribution < -0.4 is 0 Å². The summed E-state index contributed by atoms with van der Waals surface area (Å²) in [6.45, 7) is -0.681. The minimum Gasteiger partial charge on any atom is -0.523 e. The first kappa shape index (κ1) is 17.7. The zero-order valence-electron chi connectivity index (χ0n) is 6.92. The molecule has 0 aromatic carbocycles. The fourth-order valence-corrected chi connectivity index (χ4v) is 0. The largest absolute Gasteiger partial charge is 0.523 e. The first-order valence-corrected chi connectivity index (χ1v) is 3.80. The van der Waals surface area contributed by atoms with Crippen molar-refractivity contribution in [3.63, 3.8) is 0 Å². The van der Waals surface area contributed by atoms with Crippen LogP contribution in [-0.4, -0.2) is 36.6 Å². The van der Waals surface area contributed by atoms with Crippen molar-refractivity contribution in [2.75, 3.05) is 28.2 Å². The Morgan fingerprint density at radius 3 is 1.58 bits per heavy atom. The zero-order valence-corrected chi connectivity index (χ0v) is 7.74. The van der Waals surface area contributed by atoms with Crippen molar-refractivity contribution in [2.45, 2.75) is 0 Å². The summed E-state index contributed by atoms with van der Waals surface area (Å²) in [6, 6.07) is 0. The molecule has 0 bridgehead atoms. The van der Waals surface area contributed by atoms with E-state index in [1.807, 2.05) is 0 Å². The van der Waals surface area contributed by atoms with Gasteiger partial charge in [-0.15, -0.1) is 10.9 Å². The molecule has 0 amide bonds. The number of methoxy groups -OCH3 is 1. The fraction of sp³-hybridized carbons (Fsp3) is 1.00. The molecule has 0 aromatic rings. The van der Waals surface area contributed by atoms with Crippen LogP contribution in [0, 0.1) is 0 Å². The van der Waals surface area contributed by atoms with Crippen LogP contribution in [0.2, 0.25) is 0 Å². The van der Waals surface area contributed by atoms with Gasteiger partial charge in [-0.2, -0.15) is 0 Å². The second-order valence-electron chi connectivity index (χ2n) is 0.992. The molecule has 0 aromatic heterocycles. The molecule has 0 saturated heterocycles. The third-order valence-electron chi connectivity index (χ3n) is 0.327. The van der Waals surface area contributed by atoms with Gasteiger partial charge in [0.05, 0.1) is 7.18 Å². The van der Waals surface area contributed by atoms with E-state index in [9.17, 15) is 12.7 Å². The summed E-state index contributed by atoms with van der Waals surface area (Å²) >= 11 is 0. The van der Waals surface area contributed by atoms with Crippen molar-refractivity contribution < 1.29 is 25.8 Å². The van der Waals surface area contributed by atoms with Crippen molar-refractivity contribution in [2.24, 2.45) is 0 Å². The summed E-state index contributed by atoms with van der Waals surface area (Å²) in [5.41, 5.74) is 0. The third-order valence-corrected chi connectivity index (χ3v) is 0.763. The molecule has 0 rings (SSSR count). The van der Waals surface area contributed by atoms with E-state index in [4.69, 9.17) is 8.42 Å². The van der Waals surface area contributed by atoms with E-state index >= 15 is 0 Å². The number of hydrogen-bond donors (Lipinski definition) is 0. The third kappa shape index (κ3) is 54.1. The lowest BCUT2D eigenvalue weighted by Gasteiger charge is -1.98. The van der Waals surface area contributed by atoms with E-state index in [-0.39, 0.29) is 0 Å². The lowest BCUT2D eigenvalue weighted by molar-refractivity contribution is 0.104. The van der Waals surface area contributed by atoms with Gasteiger partial charge in [0.15, 0.2) is 6.86 Å². The molecule has 78 valence electrons. The van der Waals surface area contributed by atoms with Gasteiger partial charge in [-0.3, -0.25) is 4.39 Å². The van der Waals surface area contributed by atoms with E-state index in [1.165, 1.54) is 7.11 Å². The minimum atomic E-state index is -4.54. The van der Waals surface area contributed by atoms with Crippen molar-refractivity contribution in [3.8, 4) is 0 Å². The Kier molecular flexibility index (Phi) is 19.5. The van der Waals surface area contributed by atoms with Crippen LogP contribution in [0.4, 0.5) is 12.7 Å². The molecule has 0 aliphatic carbocycles. The van der Waals surface area contributed by atoms with Crippen molar-refractivity contribution in [3.05, 3.63) is 4.72 Å². The molecule has 12 heavy (non-hydrogen) atoms. The molecule has 0 unspecified atom stereocenters. The van der Waals surface area contributed by atoms with Crippen LogP contribution in [0.25, 0.3) is 4.72 Å². The predicted octanol–water partition coefficient (Wildman–Crippen LogP) is 1.35. The predicted molar refractivity (Wildman–Crippen MR) is 39.3 cm³/mol. The molecular formula is C4H11F3NO3S-. The molecule has 0 aliphatic heterocycles. The average molecular weight is 210 g/mol. The SMILES string of the molecule is CF.COCF.C[N-]S(=O)(=O)F. The van der Waals surface area contributed by atoms with Crippen LogP contribution in [0.5, 0.6) is 0 Å². The molecule has 0 heterocycles. The molecule has 0 N–H and O–H groups in total. The molecule has 0 aliphatic rings. The number of ether oxygens (including phenoxy) is 1. The maximum Gasteiger partial charge on any atom is 0.228 e. The van der Waals surface area contributed by atoms with Gasteiger partial charge in [0, 0.05) is 7.11 Å². The van der Waals surface area contributed by atoms with Gasteiger partial charge in [0.25, 0.3) is 0 Å². The smallest absolute Gasteiger partial charge is 0.228 e. The maximum absolute atomic E-state index is 10.9. The molecule has 0 radical (unpaired) electrons. The van der Waals surface area contributed by atoms with Gasteiger partial charge < -0.3 is 9.46 Å². The number of alkyl halides is 2. The fourth-order valence-electron chi connectivity index (χ4n) is 0. The second kappa shape index (κ2) is 13.3. The molecule has 0 fully saturated rings. The van der Waals surface area contributed by atoms with Crippen molar-refractivity contribution >= 4 is 10.4 Å². The van der Waals surface area contributed by atoms with Gasteiger partial charge in [-0.05, 0) is 0 Å². The van der Waals surface area contributed by atoms with Crippen LogP contribution in [0.1, 0.15) is 0 Å². The van der Waals surface area contributed by atoms with E-state index in [0.717, 1.165) is 7.05 Å². The first-order chi connectivity index (χ1) is 5.47. The highest BCUT2D eigenvalue weighted by Gasteiger charge is 1.80. The molecule has 4 nitrogen and oxygen atoms in total. The zero-order chi connectivity index (χ0) is 10.6. The minimum absolute atomic E-state index is 0.500. The molecule has 0 saturated carbocycles. The first-order valence-electron chi connectivity index (χ1n) is 2.46. The van der Waals surface area contributed by atoms with Crippen molar-refractivity contribution in [1.82, 2.24) is 0 Å². The summed E-state index contributed by atoms with van der Waals surface area (Å²) in [5, 5.41) is 0. The molecule has 0 atom stereocenters. The Morgan fingerprint density at radius 2 is 1.58 bits per heavy atom. The van der Waals surface area contributed by atoms with E-state index in [2.05, 4.69) is 9.46 Å². The average Bonchev–Trinajstić information content (AvgIpc) is 2.07. The molecule has 0 spiro atoms. The Bertz CT molecular complexity index is 148. The van der Waals surface area contributed by atoms with E-state index < -0.39 is 17.3 Å². The summed E-state index contributed by atoms with van der Waals surface area (Å²) in [5.74, 6) is 0. The number of nitrogens with zero attached hydrogens (tertiary/aromatic N) is 1. The van der Waals surface area contributed by atoms with E-state index in [0.29, 0.717) is 7.18 Å². The van der Waals surface area contributed by atoms with Crippen LogP contribution >= 0.6 is 0 Å². The van der Waals surface area contributed by atoms with Gasteiger partial charge in [-0.25, -0.2) is 12.8 Å². The highest BCUT2D eigenvalue weighted by atomic mass is 32.3. The number of rotatable bonds is 2.